The van der Waals surface area contributed by atoms with Gasteiger partial charge in [-0.05, 0) is 13.3 Å². The lowest BCUT2D eigenvalue weighted by atomic mass is 10.1. The highest BCUT2D eigenvalue weighted by Crippen LogP contribution is 2.69. The normalized spacial score (nSPS) is 30.4. The molecule has 0 aliphatic heterocycles. The van der Waals surface area contributed by atoms with E-state index in [4.69, 9.17) is 5.73 Å². The van der Waals surface area contributed by atoms with E-state index >= 15 is 0 Å². The van der Waals surface area contributed by atoms with E-state index in [1.807, 2.05) is 0 Å². The first kappa shape index (κ1) is 12.6. The van der Waals surface area contributed by atoms with Crippen molar-refractivity contribution < 1.29 is 22.4 Å². The van der Waals surface area contributed by atoms with E-state index in [1.54, 1.807) is 0 Å². The van der Waals surface area contributed by atoms with Gasteiger partial charge in [0, 0.05) is 5.56 Å². The van der Waals surface area contributed by atoms with Gasteiger partial charge < -0.3 is 5.73 Å². The Bertz CT molecular complexity index is 583. The molecule has 4 nitrogen and oxygen atoms in total. The molecule has 1 heterocycles. The van der Waals surface area contributed by atoms with Crippen molar-refractivity contribution in [2.75, 3.05) is 0 Å². The van der Waals surface area contributed by atoms with Crippen LogP contribution in [0.3, 0.4) is 0 Å². The second-order valence-corrected chi connectivity index (χ2v) is 5.19. The highest BCUT2D eigenvalue weighted by atomic mass is 19.3. The summed E-state index contributed by atoms with van der Waals surface area (Å²) < 4.78 is 54.7. The molecule has 2 aliphatic rings. The van der Waals surface area contributed by atoms with Gasteiger partial charge in [0.2, 0.25) is 0 Å². The summed E-state index contributed by atoms with van der Waals surface area (Å²) in [7, 11) is 0. The van der Waals surface area contributed by atoms with Gasteiger partial charge in [-0.25, -0.2) is 8.78 Å². The predicted molar refractivity (Wildman–Crippen MR) is 55.7 cm³/mol. The maximum Gasteiger partial charge on any atom is 0.294 e. The molecule has 2 N–H and O–H groups in total. The van der Waals surface area contributed by atoms with E-state index in [0.717, 1.165) is 0 Å². The number of halogens is 4. The van der Waals surface area contributed by atoms with Crippen LogP contribution in [0.5, 0.6) is 0 Å². The largest absolute Gasteiger partial charge is 0.321 e. The van der Waals surface area contributed by atoms with E-state index in [2.05, 4.69) is 5.10 Å². The van der Waals surface area contributed by atoms with Crippen LogP contribution in [0, 0.1) is 5.92 Å². The molecule has 0 saturated heterocycles. The predicted octanol–water partition coefficient (Wildman–Crippen LogP) is 1.69. The van der Waals surface area contributed by atoms with Crippen LogP contribution in [0.25, 0.3) is 0 Å². The fraction of sp³-hybridized carbons (Fsp3) is 0.636. The monoisotopic (exact) mass is 277 g/mol. The Hall–Kier alpha value is -1.44. The molecule has 3 rings (SSSR count). The van der Waals surface area contributed by atoms with Crippen LogP contribution in [0.1, 0.15) is 36.7 Å². The summed E-state index contributed by atoms with van der Waals surface area (Å²) in [6.45, 7) is 0.732. The van der Waals surface area contributed by atoms with Crippen molar-refractivity contribution in [3.05, 3.63) is 17.0 Å². The average Bonchev–Trinajstić information content (AvgIpc) is 2.75. The lowest BCUT2D eigenvalue weighted by Gasteiger charge is -2.14. The maximum atomic E-state index is 14.1. The van der Waals surface area contributed by atoms with Gasteiger partial charge >= 0.3 is 0 Å². The first-order valence-corrected chi connectivity index (χ1v) is 5.75. The topological polar surface area (TPSA) is 60.9 Å². The average molecular weight is 277 g/mol. The fourth-order valence-electron chi connectivity index (χ4n) is 2.93. The zero-order chi connectivity index (χ0) is 14.2. The molecule has 0 bridgehead atoms. The molecule has 0 amide bonds. The molecule has 2 atom stereocenters. The fourth-order valence-corrected chi connectivity index (χ4v) is 2.93. The first-order valence-electron chi connectivity index (χ1n) is 5.75. The lowest BCUT2D eigenvalue weighted by Crippen LogP contribution is -2.23. The van der Waals surface area contributed by atoms with Crippen molar-refractivity contribution in [2.24, 2.45) is 11.7 Å². The van der Waals surface area contributed by atoms with Crippen LogP contribution in [-0.4, -0.2) is 15.6 Å². The van der Waals surface area contributed by atoms with E-state index in [9.17, 15) is 22.4 Å². The van der Waals surface area contributed by atoms with Crippen molar-refractivity contribution in [1.29, 1.82) is 0 Å². The number of alkyl halides is 4. The number of Topliss-reactive ketones (excluding diaryl/α,β-unsaturated/α-hetero) is 1. The molecule has 1 saturated carbocycles. The van der Waals surface area contributed by atoms with Gasteiger partial charge in [0.05, 0.1) is 18.0 Å². The van der Waals surface area contributed by atoms with E-state index in [0.29, 0.717) is 4.68 Å². The van der Waals surface area contributed by atoms with Gasteiger partial charge in [-0.15, -0.1) is 0 Å². The van der Waals surface area contributed by atoms with Crippen molar-refractivity contribution in [2.45, 2.75) is 37.8 Å². The Morgan fingerprint density at radius 3 is 2.74 bits per heavy atom. The summed E-state index contributed by atoms with van der Waals surface area (Å²) in [6.07, 6.45) is -3.02. The zero-order valence-electron chi connectivity index (χ0n) is 9.96. The van der Waals surface area contributed by atoms with Gasteiger partial charge in [-0.1, -0.05) is 0 Å². The Kier molecular flexibility index (Phi) is 2.22. The summed E-state index contributed by atoms with van der Waals surface area (Å²) in [5.41, 5.74) is 2.75. The van der Waals surface area contributed by atoms with Crippen molar-refractivity contribution >= 4 is 5.78 Å². The molecule has 0 spiro atoms. The van der Waals surface area contributed by atoms with Gasteiger partial charge in [-0.2, -0.15) is 13.9 Å². The minimum absolute atomic E-state index is 0.0293. The number of hydrogen-bond donors (Lipinski definition) is 1. The highest BCUT2D eigenvalue weighted by Gasteiger charge is 2.75. The van der Waals surface area contributed by atoms with Gasteiger partial charge in [0.15, 0.2) is 5.78 Å². The Morgan fingerprint density at radius 2 is 2.21 bits per heavy atom. The lowest BCUT2D eigenvalue weighted by molar-refractivity contribution is -0.118. The number of ketones is 1. The van der Waals surface area contributed by atoms with Crippen LogP contribution in [0.4, 0.5) is 17.6 Å². The Morgan fingerprint density at radius 1 is 1.58 bits per heavy atom. The number of carbonyl (C=O) groups is 1. The third-order valence-electron chi connectivity index (χ3n) is 3.78. The number of hydrogen-bond acceptors (Lipinski definition) is 3. The molecule has 1 aromatic rings. The minimum Gasteiger partial charge on any atom is -0.321 e. The molecule has 1 fully saturated rings. The van der Waals surface area contributed by atoms with Crippen LogP contribution >= 0.6 is 0 Å². The summed E-state index contributed by atoms with van der Waals surface area (Å²) in [5.74, 6) is -4.91. The molecular weight excluding hydrogens is 266 g/mol. The second-order valence-electron chi connectivity index (χ2n) is 5.19. The van der Waals surface area contributed by atoms with Crippen LogP contribution in [0.2, 0.25) is 0 Å². The molecule has 1 aromatic heterocycles. The molecule has 2 aliphatic carbocycles. The van der Waals surface area contributed by atoms with Crippen molar-refractivity contribution in [3.8, 4) is 0 Å². The summed E-state index contributed by atoms with van der Waals surface area (Å²) in [6, 6.07) is 0. The Balaban J connectivity index is 2.22. The van der Waals surface area contributed by atoms with Crippen LogP contribution in [0.15, 0.2) is 0 Å². The molecule has 8 heteroatoms. The number of rotatable bonds is 3. The van der Waals surface area contributed by atoms with Crippen molar-refractivity contribution in [3.63, 3.8) is 0 Å². The summed E-state index contributed by atoms with van der Waals surface area (Å²) in [4.78, 5) is 11.1. The Labute approximate surface area is 105 Å². The SMILES string of the molecule is CC(=O)Cn1nc(C(F)F)c2c1C(F)(F)[C@@H]1C[C@]21N. The third kappa shape index (κ3) is 1.43. The molecule has 19 heavy (non-hydrogen) atoms. The highest BCUT2D eigenvalue weighted by molar-refractivity contribution is 5.75. The standard InChI is InChI=1S/C11H11F4N3O/c1-4(19)3-18-8-6(7(17-18)9(12)13)10(16)2-5(10)11(8,14)15/h5,9H,2-3,16H2,1H3/t5-,10-/m1/s1. The number of nitrogens with two attached hydrogens (primary N) is 1. The summed E-state index contributed by atoms with van der Waals surface area (Å²) >= 11 is 0. The quantitative estimate of drug-likeness (QED) is 0.855. The minimum atomic E-state index is -3.31. The number of nitrogens with zero attached hydrogens (tertiary/aromatic N) is 2. The van der Waals surface area contributed by atoms with E-state index in [-0.39, 0.29) is 12.0 Å². The van der Waals surface area contributed by atoms with Crippen LogP contribution < -0.4 is 5.73 Å². The van der Waals surface area contributed by atoms with E-state index in [1.165, 1.54) is 6.92 Å². The summed E-state index contributed by atoms with van der Waals surface area (Å²) in [5, 5.41) is 3.48. The first-order chi connectivity index (χ1) is 8.69. The zero-order valence-corrected chi connectivity index (χ0v) is 9.96. The number of carbonyl (C=O) groups excluding carboxylic acids is 1. The third-order valence-corrected chi connectivity index (χ3v) is 3.78. The number of aromatic nitrogens is 2. The van der Waals surface area contributed by atoms with Gasteiger partial charge in [-0.3, -0.25) is 9.48 Å². The molecule has 104 valence electrons. The van der Waals surface area contributed by atoms with E-state index < -0.39 is 47.5 Å². The molecular formula is C11H11F4N3O. The number of fused-ring (bicyclic) bond motifs is 3. The van der Waals surface area contributed by atoms with Crippen molar-refractivity contribution in [1.82, 2.24) is 9.78 Å². The van der Waals surface area contributed by atoms with Gasteiger partial charge in [0.25, 0.3) is 12.3 Å². The molecule has 0 radical (unpaired) electrons. The molecule has 0 aromatic carbocycles. The second kappa shape index (κ2) is 3.36. The smallest absolute Gasteiger partial charge is 0.294 e. The van der Waals surface area contributed by atoms with Gasteiger partial charge in [0.1, 0.15) is 11.4 Å². The van der Waals surface area contributed by atoms with Crippen LogP contribution in [-0.2, 0) is 22.8 Å². The molecule has 0 unspecified atom stereocenters. The maximum absolute atomic E-state index is 14.1.